The van der Waals surface area contributed by atoms with Crippen molar-refractivity contribution in [3.63, 3.8) is 0 Å². The van der Waals surface area contributed by atoms with Crippen molar-refractivity contribution in [2.45, 2.75) is 6.92 Å². The molecule has 0 atom stereocenters. The first-order valence-electron chi connectivity index (χ1n) is 3.93. The van der Waals surface area contributed by atoms with Crippen molar-refractivity contribution >= 4 is 17.5 Å². The molecule has 1 aromatic rings. The fourth-order valence-corrected chi connectivity index (χ4v) is 1.27. The highest BCUT2D eigenvalue weighted by atomic mass is 15.3. The molecular weight excluding hydrogens is 148 g/mol. The molecule has 0 aliphatic carbocycles. The normalized spacial score (nSPS) is 14.2. The van der Waals surface area contributed by atoms with Crippen molar-refractivity contribution in [1.82, 2.24) is 0 Å². The van der Waals surface area contributed by atoms with E-state index in [-0.39, 0.29) is 0 Å². The van der Waals surface area contributed by atoms with Crippen LogP contribution in [0.4, 0.5) is 5.69 Å². The Hall–Kier alpha value is -1.57. The maximum atomic E-state index is 4.01. The van der Waals surface area contributed by atoms with Gasteiger partial charge in [-0.1, -0.05) is 18.2 Å². The first-order chi connectivity index (χ1) is 5.88. The summed E-state index contributed by atoms with van der Waals surface area (Å²) in [6, 6.07) is 8.14. The molecule has 0 radical (unpaired) electrons. The van der Waals surface area contributed by atoms with E-state index in [1.54, 1.807) is 6.21 Å². The summed E-state index contributed by atoms with van der Waals surface area (Å²) < 4.78 is 0. The van der Waals surface area contributed by atoms with E-state index in [9.17, 15) is 0 Å². The second-order valence-electron chi connectivity index (χ2n) is 2.79. The molecule has 2 nitrogen and oxygen atoms in total. The van der Waals surface area contributed by atoms with Gasteiger partial charge in [-0.25, -0.2) is 0 Å². The zero-order valence-electron chi connectivity index (χ0n) is 6.91. The van der Waals surface area contributed by atoms with Crippen molar-refractivity contribution in [3.8, 4) is 0 Å². The van der Waals surface area contributed by atoms with E-state index in [1.165, 1.54) is 11.1 Å². The third-order valence-electron chi connectivity index (χ3n) is 1.94. The van der Waals surface area contributed by atoms with E-state index in [0.29, 0.717) is 0 Å². The van der Waals surface area contributed by atoms with E-state index >= 15 is 0 Å². The van der Waals surface area contributed by atoms with Gasteiger partial charge in [0.2, 0.25) is 0 Å². The summed E-state index contributed by atoms with van der Waals surface area (Å²) in [4.78, 5) is 0. The van der Waals surface area contributed by atoms with Gasteiger partial charge in [-0.15, -0.1) is 0 Å². The second kappa shape index (κ2) is 2.81. The smallest absolute Gasteiger partial charge is 0.0636 e. The Balaban J connectivity index is 2.58. The Bertz CT molecular complexity index is 351. The van der Waals surface area contributed by atoms with Crippen molar-refractivity contribution in [3.05, 3.63) is 35.9 Å². The molecule has 1 aliphatic rings. The molecule has 0 spiro atoms. The first kappa shape index (κ1) is 7.10. The standard InChI is InChI=1S/C10H10N2/c1-8-6-7-11-12-10-5-3-2-4-9(8)10/h2-7,12H,1H3. The van der Waals surface area contributed by atoms with Gasteiger partial charge in [0.1, 0.15) is 0 Å². The van der Waals surface area contributed by atoms with Crippen LogP contribution >= 0.6 is 0 Å². The topological polar surface area (TPSA) is 24.4 Å². The van der Waals surface area contributed by atoms with Crippen LogP contribution in [0.5, 0.6) is 0 Å². The number of hydrazone groups is 1. The van der Waals surface area contributed by atoms with Gasteiger partial charge in [-0.3, -0.25) is 5.43 Å². The number of benzene rings is 1. The SMILES string of the molecule is CC1=CC=NNc2ccccc21. The van der Waals surface area contributed by atoms with Crippen LogP contribution in [0, 0.1) is 0 Å². The molecule has 0 fully saturated rings. The molecule has 60 valence electrons. The number of rotatable bonds is 0. The molecule has 0 saturated carbocycles. The number of nitrogens with zero attached hydrogens (tertiary/aromatic N) is 1. The van der Waals surface area contributed by atoms with E-state index < -0.39 is 0 Å². The average Bonchev–Trinajstić information content (AvgIpc) is 2.29. The van der Waals surface area contributed by atoms with Gasteiger partial charge < -0.3 is 0 Å². The second-order valence-corrected chi connectivity index (χ2v) is 2.79. The lowest BCUT2D eigenvalue weighted by atomic mass is 10.1. The Labute approximate surface area is 71.6 Å². The van der Waals surface area contributed by atoms with E-state index in [2.05, 4.69) is 23.5 Å². The molecule has 1 heterocycles. The molecule has 1 aromatic carbocycles. The third kappa shape index (κ3) is 1.11. The lowest BCUT2D eigenvalue weighted by Gasteiger charge is -2.05. The first-order valence-corrected chi connectivity index (χ1v) is 3.93. The molecule has 0 aromatic heterocycles. The van der Waals surface area contributed by atoms with Crippen LogP contribution in [0.2, 0.25) is 0 Å². The third-order valence-corrected chi connectivity index (χ3v) is 1.94. The quantitative estimate of drug-likeness (QED) is 0.616. The minimum atomic E-state index is 1.07. The maximum Gasteiger partial charge on any atom is 0.0636 e. The van der Waals surface area contributed by atoms with Gasteiger partial charge in [0.05, 0.1) is 5.69 Å². The van der Waals surface area contributed by atoms with E-state index in [1.807, 2.05) is 24.3 Å². The predicted octanol–water partition coefficient (Wildman–Crippen LogP) is 2.50. The number of anilines is 1. The lowest BCUT2D eigenvalue weighted by molar-refractivity contribution is 1.35. The van der Waals surface area contributed by atoms with Gasteiger partial charge in [-0.05, 0) is 24.6 Å². The van der Waals surface area contributed by atoms with Crippen LogP contribution in [0.15, 0.2) is 35.4 Å². The molecule has 0 saturated heterocycles. The number of fused-ring (bicyclic) bond motifs is 1. The van der Waals surface area contributed by atoms with Crippen LogP contribution < -0.4 is 5.43 Å². The van der Waals surface area contributed by atoms with Crippen LogP contribution in [0.25, 0.3) is 5.57 Å². The van der Waals surface area contributed by atoms with Crippen molar-refractivity contribution in [2.24, 2.45) is 5.10 Å². The molecule has 0 amide bonds. The predicted molar refractivity (Wildman–Crippen MR) is 52.2 cm³/mol. The summed E-state index contributed by atoms with van der Waals surface area (Å²) in [5.74, 6) is 0. The highest BCUT2D eigenvalue weighted by molar-refractivity contribution is 5.89. The Morgan fingerprint density at radius 2 is 2.08 bits per heavy atom. The highest BCUT2D eigenvalue weighted by Crippen LogP contribution is 2.24. The van der Waals surface area contributed by atoms with Crippen molar-refractivity contribution in [2.75, 3.05) is 5.43 Å². The zero-order chi connectivity index (χ0) is 8.39. The summed E-state index contributed by atoms with van der Waals surface area (Å²) in [5.41, 5.74) is 6.50. The largest absolute Gasteiger partial charge is 0.278 e. The van der Waals surface area contributed by atoms with Crippen molar-refractivity contribution < 1.29 is 0 Å². The summed E-state index contributed by atoms with van der Waals surface area (Å²) in [7, 11) is 0. The minimum absolute atomic E-state index is 1.07. The molecule has 1 aliphatic heterocycles. The summed E-state index contributed by atoms with van der Waals surface area (Å²) in [6.45, 7) is 2.08. The lowest BCUT2D eigenvalue weighted by Crippen LogP contribution is -1.89. The molecule has 0 unspecified atom stereocenters. The molecule has 12 heavy (non-hydrogen) atoms. The van der Waals surface area contributed by atoms with E-state index in [4.69, 9.17) is 0 Å². The van der Waals surface area contributed by atoms with Crippen LogP contribution in [-0.4, -0.2) is 6.21 Å². The van der Waals surface area contributed by atoms with Crippen LogP contribution in [-0.2, 0) is 0 Å². The van der Waals surface area contributed by atoms with Gasteiger partial charge in [-0.2, -0.15) is 5.10 Å². The van der Waals surface area contributed by atoms with Gasteiger partial charge >= 0.3 is 0 Å². The fourth-order valence-electron chi connectivity index (χ4n) is 1.27. The molecule has 1 N–H and O–H groups in total. The molecule has 2 rings (SSSR count). The Kier molecular flexibility index (Phi) is 1.67. The van der Waals surface area contributed by atoms with Gasteiger partial charge in [0.25, 0.3) is 0 Å². The Morgan fingerprint density at radius 1 is 1.25 bits per heavy atom. The van der Waals surface area contributed by atoms with Crippen LogP contribution in [0.3, 0.4) is 0 Å². The number of allylic oxidation sites excluding steroid dienone is 2. The number of hydrogen-bond acceptors (Lipinski definition) is 2. The highest BCUT2D eigenvalue weighted by Gasteiger charge is 2.03. The fraction of sp³-hybridized carbons (Fsp3) is 0.100. The maximum absolute atomic E-state index is 4.01. The molecule has 0 bridgehead atoms. The monoisotopic (exact) mass is 158 g/mol. The molecular formula is C10H10N2. The van der Waals surface area contributed by atoms with Crippen LogP contribution in [0.1, 0.15) is 12.5 Å². The summed E-state index contributed by atoms with van der Waals surface area (Å²) in [5, 5.41) is 4.01. The summed E-state index contributed by atoms with van der Waals surface area (Å²) >= 11 is 0. The van der Waals surface area contributed by atoms with E-state index in [0.717, 1.165) is 5.69 Å². The van der Waals surface area contributed by atoms with Gasteiger partial charge in [0, 0.05) is 11.8 Å². The summed E-state index contributed by atoms with van der Waals surface area (Å²) in [6.07, 6.45) is 3.77. The number of nitrogens with one attached hydrogen (secondary N) is 1. The number of hydrogen-bond donors (Lipinski definition) is 1. The zero-order valence-corrected chi connectivity index (χ0v) is 6.91. The Morgan fingerprint density at radius 3 is 3.00 bits per heavy atom. The minimum Gasteiger partial charge on any atom is -0.278 e. The average molecular weight is 158 g/mol. The number of para-hydroxylation sites is 1. The van der Waals surface area contributed by atoms with Gasteiger partial charge in [0.15, 0.2) is 0 Å². The molecule has 2 heteroatoms. The van der Waals surface area contributed by atoms with Crippen molar-refractivity contribution in [1.29, 1.82) is 0 Å².